The Morgan fingerprint density at radius 1 is 1.24 bits per heavy atom. The Hall–Kier alpha value is -2.54. The number of carbonyl (C=O) groups is 1. The van der Waals surface area contributed by atoms with Crippen molar-refractivity contribution in [2.45, 2.75) is 38.1 Å². The first-order chi connectivity index (χ1) is 14.2. The van der Waals surface area contributed by atoms with E-state index in [0.717, 1.165) is 61.9 Å². The number of hydrogen-bond donors (Lipinski definition) is 1. The van der Waals surface area contributed by atoms with E-state index >= 15 is 0 Å². The number of fused-ring (bicyclic) bond motifs is 1. The number of aromatic nitrogens is 2. The van der Waals surface area contributed by atoms with Crippen LogP contribution in [0.25, 0.3) is 0 Å². The number of carbonyl (C=O) groups excluding carboxylic acids is 1. The van der Waals surface area contributed by atoms with Crippen LogP contribution in [0.5, 0.6) is 11.5 Å². The second-order valence-corrected chi connectivity index (χ2v) is 7.84. The molecule has 1 aromatic heterocycles. The summed E-state index contributed by atoms with van der Waals surface area (Å²) in [6.45, 7) is 4.65. The van der Waals surface area contributed by atoms with Gasteiger partial charge < -0.3 is 24.3 Å². The first kappa shape index (κ1) is 19.8. The summed E-state index contributed by atoms with van der Waals surface area (Å²) in [6.07, 6.45) is 6.23. The number of benzene rings is 1. The molecular formula is C22H30N4O3. The Labute approximate surface area is 172 Å². The number of ether oxygens (including phenoxy) is 2. The Bertz CT molecular complexity index is 858. The van der Waals surface area contributed by atoms with Crippen LogP contribution in [-0.4, -0.2) is 60.8 Å². The first-order valence-corrected chi connectivity index (χ1v) is 10.5. The molecule has 1 unspecified atom stereocenters. The van der Waals surface area contributed by atoms with E-state index in [1.807, 2.05) is 18.3 Å². The zero-order valence-corrected chi connectivity index (χ0v) is 17.3. The summed E-state index contributed by atoms with van der Waals surface area (Å²) in [5.41, 5.74) is 1.66. The van der Waals surface area contributed by atoms with Gasteiger partial charge in [0.25, 0.3) is 5.91 Å². The molecule has 2 aliphatic heterocycles. The van der Waals surface area contributed by atoms with Gasteiger partial charge in [-0.05, 0) is 50.6 Å². The maximum Gasteiger partial charge on any atom is 0.271 e. The fourth-order valence-electron chi connectivity index (χ4n) is 4.39. The van der Waals surface area contributed by atoms with Gasteiger partial charge >= 0.3 is 0 Å². The summed E-state index contributed by atoms with van der Waals surface area (Å²) in [5, 5.41) is 3.02. The van der Waals surface area contributed by atoms with Gasteiger partial charge in [-0.25, -0.2) is 4.98 Å². The molecular weight excluding hydrogens is 368 g/mol. The number of nitrogens with zero attached hydrogens (tertiary/aromatic N) is 3. The largest absolute Gasteiger partial charge is 0.497 e. The third-order valence-corrected chi connectivity index (χ3v) is 6.01. The average Bonchev–Trinajstić information content (AvgIpc) is 3.42. The van der Waals surface area contributed by atoms with Crippen molar-refractivity contribution in [3.63, 3.8) is 0 Å². The average molecular weight is 399 g/mol. The molecule has 2 aromatic rings. The molecule has 7 nitrogen and oxygen atoms in total. The summed E-state index contributed by atoms with van der Waals surface area (Å²) in [5.74, 6) is 2.90. The molecule has 0 aliphatic carbocycles. The lowest BCUT2D eigenvalue weighted by molar-refractivity contribution is 0.0945. The van der Waals surface area contributed by atoms with E-state index < -0.39 is 0 Å². The quantitative estimate of drug-likeness (QED) is 0.776. The summed E-state index contributed by atoms with van der Waals surface area (Å²) < 4.78 is 13.1. The van der Waals surface area contributed by atoms with Crippen LogP contribution in [0.2, 0.25) is 0 Å². The van der Waals surface area contributed by atoms with E-state index in [-0.39, 0.29) is 5.91 Å². The number of methoxy groups -OCH3 is 2. The molecule has 156 valence electrons. The number of likely N-dealkylation sites (tertiary alicyclic amines) is 1. The van der Waals surface area contributed by atoms with E-state index in [1.165, 1.54) is 12.8 Å². The number of hydrogen-bond acceptors (Lipinski definition) is 5. The molecule has 0 saturated carbocycles. The van der Waals surface area contributed by atoms with E-state index in [9.17, 15) is 4.79 Å². The summed E-state index contributed by atoms with van der Waals surface area (Å²) >= 11 is 0. The molecule has 1 fully saturated rings. The van der Waals surface area contributed by atoms with Crippen molar-refractivity contribution in [2.24, 2.45) is 0 Å². The lowest BCUT2D eigenvalue weighted by Crippen LogP contribution is -2.33. The zero-order valence-electron chi connectivity index (χ0n) is 17.3. The summed E-state index contributed by atoms with van der Waals surface area (Å²) in [6, 6.07) is 5.92. The van der Waals surface area contributed by atoms with Crippen LogP contribution in [0.15, 0.2) is 24.4 Å². The molecule has 7 heteroatoms. The third kappa shape index (κ3) is 4.40. The van der Waals surface area contributed by atoms with E-state index in [1.54, 1.807) is 14.2 Å². The van der Waals surface area contributed by atoms with Gasteiger partial charge in [-0.3, -0.25) is 4.79 Å². The number of amides is 1. The summed E-state index contributed by atoms with van der Waals surface area (Å²) in [4.78, 5) is 19.5. The predicted octanol–water partition coefficient (Wildman–Crippen LogP) is 2.46. The van der Waals surface area contributed by atoms with Crippen LogP contribution in [-0.2, 0) is 13.0 Å². The van der Waals surface area contributed by atoms with Crippen molar-refractivity contribution in [2.75, 3.05) is 40.4 Å². The van der Waals surface area contributed by atoms with Crippen molar-refractivity contribution in [1.29, 1.82) is 0 Å². The SMILES string of the molecule is COc1ccc(OC)c(C2CCc3nc(C(=O)NCCN4CCCC4)cn3C2)c1. The molecule has 1 aromatic carbocycles. The second-order valence-electron chi connectivity index (χ2n) is 7.84. The molecule has 29 heavy (non-hydrogen) atoms. The Kier molecular flexibility index (Phi) is 6.04. The minimum absolute atomic E-state index is 0.0818. The molecule has 4 rings (SSSR count). The molecule has 1 N–H and O–H groups in total. The van der Waals surface area contributed by atoms with Crippen LogP contribution in [0.1, 0.15) is 47.1 Å². The Balaban J connectivity index is 1.41. The minimum atomic E-state index is -0.0818. The molecule has 2 aliphatic rings. The Morgan fingerprint density at radius 2 is 2.07 bits per heavy atom. The molecule has 0 spiro atoms. The fraction of sp³-hybridized carbons (Fsp3) is 0.545. The highest BCUT2D eigenvalue weighted by Gasteiger charge is 2.26. The van der Waals surface area contributed by atoms with Crippen molar-refractivity contribution in [1.82, 2.24) is 19.8 Å². The highest BCUT2D eigenvalue weighted by molar-refractivity contribution is 5.92. The molecule has 0 radical (unpaired) electrons. The first-order valence-electron chi connectivity index (χ1n) is 10.5. The fourth-order valence-corrected chi connectivity index (χ4v) is 4.39. The van der Waals surface area contributed by atoms with Gasteiger partial charge in [0.15, 0.2) is 0 Å². The molecule has 3 heterocycles. The maximum absolute atomic E-state index is 12.5. The Morgan fingerprint density at radius 3 is 2.83 bits per heavy atom. The molecule has 1 amide bonds. The van der Waals surface area contributed by atoms with Crippen LogP contribution < -0.4 is 14.8 Å². The highest BCUT2D eigenvalue weighted by atomic mass is 16.5. The van der Waals surface area contributed by atoms with Gasteiger partial charge in [0.1, 0.15) is 23.0 Å². The van der Waals surface area contributed by atoms with Crippen molar-refractivity contribution in [3.05, 3.63) is 41.5 Å². The second kappa shape index (κ2) is 8.86. The van der Waals surface area contributed by atoms with Gasteiger partial charge in [-0.1, -0.05) is 0 Å². The van der Waals surface area contributed by atoms with Crippen molar-refractivity contribution >= 4 is 5.91 Å². The smallest absolute Gasteiger partial charge is 0.271 e. The number of rotatable bonds is 7. The normalized spacial score (nSPS) is 19.0. The van der Waals surface area contributed by atoms with Gasteiger partial charge in [-0.2, -0.15) is 0 Å². The molecule has 0 bridgehead atoms. The number of imidazole rings is 1. The molecule has 1 saturated heterocycles. The lowest BCUT2D eigenvalue weighted by Gasteiger charge is -2.25. The lowest BCUT2D eigenvalue weighted by atomic mass is 9.90. The topological polar surface area (TPSA) is 68.6 Å². The standard InChI is InChI=1S/C22H30N4O3/c1-28-17-6-7-20(29-2)18(13-17)16-5-8-21-24-19(15-26(21)14-16)22(27)23-9-12-25-10-3-4-11-25/h6-7,13,15-16H,3-5,8-12,14H2,1-2H3,(H,23,27). The van der Waals surface area contributed by atoms with Gasteiger partial charge in [0, 0.05) is 43.7 Å². The number of aryl methyl sites for hydroxylation is 1. The minimum Gasteiger partial charge on any atom is -0.497 e. The van der Waals surface area contributed by atoms with Crippen LogP contribution >= 0.6 is 0 Å². The summed E-state index contributed by atoms with van der Waals surface area (Å²) in [7, 11) is 3.37. The van der Waals surface area contributed by atoms with Crippen molar-refractivity contribution < 1.29 is 14.3 Å². The maximum atomic E-state index is 12.5. The number of nitrogens with one attached hydrogen (secondary N) is 1. The highest BCUT2D eigenvalue weighted by Crippen LogP contribution is 2.36. The third-order valence-electron chi connectivity index (χ3n) is 6.01. The van der Waals surface area contributed by atoms with Crippen molar-refractivity contribution in [3.8, 4) is 11.5 Å². The van der Waals surface area contributed by atoms with Crippen LogP contribution in [0.4, 0.5) is 0 Å². The van der Waals surface area contributed by atoms with Crippen LogP contribution in [0, 0.1) is 0 Å². The predicted molar refractivity (Wildman–Crippen MR) is 111 cm³/mol. The van der Waals surface area contributed by atoms with Crippen LogP contribution in [0.3, 0.4) is 0 Å². The monoisotopic (exact) mass is 398 g/mol. The van der Waals surface area contributed by atoms with Gasteiger partial charge in [0.05, 0.1) is 14.2 Å². The van der Waals surface area contributed by atoms with Gasteiger partial charge in [-0.15, -0.1) is 0 Å². The zero-order chi connectivity index (χ0) is 20.2. The molecule has 1 atom stereocenters. The van der Waals surface area contributed by atoms with Gasteiger partial charge in [0.2, 0.25) is 0 Å². The van der Waals surface area contributed by atoms with E-state index in [4.69, 9.17) is 9.47 Å². The van der Waals surface area contributed by atoms with E-state index in [2.05, 4.69) is 25.8 Å². The van der Waals surface area contributed by atoms with E-state index in [0.29, 0.717) is 18.2 Å².